The molecule has 0 aromatic heterocycles. The third-order valence-electron chi connectivity index (χ3n) is 14.4. The molecule has 3 rings (SSSR count). The van der Waals surface area contributed by atoms with Gasteiger partial charge in [-0.1, -0.05) is 151 Å². The van der Waals surface area contributed by atoms with Gasteiger partial charge in [0.05, 0.1) is 0 Å². The van der Waals surface area contributed by atoms with Crippen LogP contribution in [0.4, 0.5) is 0 Å². The third-order valence-corrected chi connectivity index (χ3v) is 14.4. The lowest BCUT2D eigenvalue weighted by Gasteiger charge is -2.55. The highest BCUT2D eigenvalue weighted by Crippen LogP contribution is 2.59. The summed E-state index contributed by atoms with van der Waals surface area (Å²) in [6, 6.07) is 0. The molecule has 0 aliphatic heterocycles. The summed E-state index contributed by atoms with van der Waals surface area (Å²) < 4.78 is 0. The summed E-state index contributed by atoms with van der Waals surface area (Å²) in [7, 11) is 0. The van der Waals surface area contributed by atoms with Gasteiger partial charge in [0.25, 0.3) is 0 Å². The molecule has 3 aliphatic carbocycles. The Balaban J connectivity index is 1.58. The Morgan fingerprint density at radius 2 is 1.07 bits per heavy atom. The molecule has 3 fully saturated rings. The van der Waals surface area contributed by atoms with Crippen LogP contribution in [0.1, 0.15) is 221 Å². The third kappa shape index (κ3) is 10.0. The maximum atomic E-state index is 2.70. The van der Waals surface area contributed by atoms with Gasteiger partial charge < -0.3 is 0 Å². The van der Waals surface area contributed by atoms with Gasteiger partial charge in [0.15, 0.2) is 0 Å². The number of unbranched alkanes of at least 4 members (excludes halogenated alkanes) is 5. The van der Waals surface area contributed by atoms with Crippen LogP contribution in [-0.4, -0.2) is 0 Å². The van der Waals surface area contributed by atoms with Crippen molar-refractivity contribution in [2.45, 2.75) is 221 Å². The van der Waals surface area contributed by atoms with Crippen LogP contribution < -0.4 is 0 Å². The van der Waals surface area contributed by atoms with Crippen LogP contribution in [0.25, 0.3) is 0 Å². The summed E-state index contributed by atoms with van der Waals surface area (Å²) in [4.78, 5) is 0. The Morgan fingerprint density at radius 1 is 0.548 bits per heavy atom. The molecule has 0 heterocycles. The zero-order valence-electron chi connectivity index (χ0n) is 30.3. The van der Waals surface area contributed by atoms with Crippen molar-refractivity contribution in [2.75, 3.05) is 0 Å². The molecule has 3 saturated carbocycles. The van der Waals surface area contributed by atoms with E-state index in [1.165, 1.54) is 128 Å². The molecule has 0 heteroatoms. The van der Waals surface area contributed by atoms with E-state index >= 15 is 0 Å². The zero-order valence-corrected chi connectivity index (χ0v) is 30.3. The highest BCUT2D eigenvalue weighted by molar-refractivity contribution is 4.99. The second-order valence-corrected chi connectivity index (χ2v) is 16.7. The molecule has 3 atom stereocenters. The van der Waals surface area contributed by atoms with E-state index in [-0.39, 0.29) is 0 Å². The lowest BCUT2D eigenvalue weighted by molar-refractivity contribution is -0.0595. The van der Waals surface area contributed by atoms with E-state index in [1.54, 1.807) is 51.4 Å². The van der Waals surface area contributed by atoms with Crippen LogP contribution in [0, 0.1) is 46.3 Å². The Labute approximate surface area is 267 Å². The van der Waals surface area contributed by atoms with Gasteiger partial charge in [-0.3, -0.25) is 0 Å². The van der Waals surface area contributed by atoms with E-state index in [1.807, 2.05) is 0 Å². The lowest BCUT2D eigenvalue weighted by atomic mass is 9.49. The summed E-state index contributed by atoms with van der Waals surface area (Å²) in [5.41, 5.74) is 1.26. The highest BCUT2D eigenvalue weighted by atomic mass is 14.5. The molecule has 0 radical (unpaired) electrons. The van der Waals surface area contributed by atoms with Gasteiger partial charge in [-0.2, -0.15) is 0 Å². The van der Waals surface area contributed by atoms with Crippen LogP contribution in [0.5, 0.6) is 0 Å². The molecule has 248 valence electrons. The van der Waals surface area contributed by atoms with E-state index in [0.29, 0.717) is 10.8 Å². The van der Waals surface area contributed by atoms with Gasteiger partial charge in [-0.15, -0.1) is 0 Å². The molecule has 0 nitrogen and oxygen atoms in total. The monoisotopic (exact) mass is 585 g/mol. The van der Waals surface area contributed by atoms with Gasteiger partial charge in [0, 0.05) is 0 Å². The molecule has 0 saturated heterocycles. The van der Waals surface area contributed by atoms with E-state index in [0.717, 1.165) is 35.5 Å². The standard InChI is InChI=1S/C42H80/c1-7-11-13-21-33-41(6,35(5)23-16-12-8-2)34-22-24-36(9-3)37-29-31-40(32-30-37)42(10-4,38-25-17-14-18-26-38)39-27-19-15-20-28-39/h35-40H,7-34H2,1-6H3. The van der Waals surface area contributed by atoms with Crippen LogP contribution in [-0.2, 0) is 0 Å². The highest BCUT2D eigenvalue weighted by Gasteiger charge is 2.50. The summed E-state index contributed by atoms with van der Waals surface area (Å²) in [5.74, 6) is 6.05. The molecule has 0 aromatic carbocycles. The molecule has 0 aromatic rings. The minimum atomic E-state index is 0.568. The first-order valence-electron chi connectivity index (χ1n) is 20.4. The summed E-state index contributed by atoms with van der Waals surface area (Å²) in [6.07, 6.45) is 42.0. The van der Waals surface area contributed by atoms with Crippen molar-refractivity contribution in [3.8, 4) is 0 Å². The van der Waals surface area contributed by atoms with Crippen molar-refractivity contribution >= 4 is 0 Å². The molecule has 3 aliphatic rings. The Bertz CT molecular complexity index is 640. The van der Waals surface area contributed by atoms with E-state index in [2.05, 4.69) is 41.5 Å². The number of hydrogen-bond donors (Lipinski definition) is 0. The predicted octanol–water partition coefficient (Wildman–Crippen LogP) is 14.7. The van der Waals surface area contributed by atoms with Gasteiger partial charge in [-0.25, -0.2) is 0 Å². The normalized spacial score (nSPS) is 26.1. The minimum Gasteiger partial charge on any atom is -0.0654 e. The van der Waals surface area contributed by atoms with Crippen molar-refractivity contribution in [2.24, 2.45) is 46.3 Å². The first-order valence-corrected chi connectivity index (χ1v) is 20.4. The lowest BCUT2D eigenvalue weighted by Crippen LogP contribution is -2.47. The van der Waals surface area contributed by atoms with Crippen molar-refractivity contribution < 1.29 is 0 Å². The Kier molecular flexibility index (Phi) is 16.9. The van der Waals surface area contributed by atoms with Crippen molar-refractivity contribution in [3.05, 3.63) is 0 Å². The largest absolute Gasteiger partial charge is 0.0654 e. The molecular formula is C42H80. The first kappa shape index (κ1) is 36.5. The molecule has 0 amide bonds. The fourth-order valence-electron chi connectivity index (χ4n) is 11.4. The van der Waals surface area contributed by atoms with Crippen molar-refractivity contribution in [1.29, 1.82) is 0 Å². The second-order valence-electron chi connectivity index (χ2n) is 16.7. The van der Waals surface area contributed by atoms with Crippen LogP contribution >= 0.6 is 0 Å². The zero-order chi connectivity index (χ0) is 30.3. The second kappa shape index (κ2) is 19.5. The average molecular weight is 585 g/mol. The maximum absolute atomic E-state index is 2.70. The Morgan fingerprint density at radius 3 is 1.60 bits per heavy atom. The minimum absolute atomic E-state index is 0.568. The van der Waals surface area contributed by atoms with E-state index in [4.69, 9.17) is 0 Å². The summed E-state index contributed by atoms with van der Waals surface area (Å²) >= 11 is 0. The number of hydrogen-bond acceptors (Lipinski definition) is 0. The van der Waals surface area contributed by atoms with Gasteiger partial charge in [0.1, 0.15) is 0 Å². The summed E-state index contributed by atoms with van der Waals surface area (Å²) in [5, 5.41) is 0. The van der Waals surface area contributed by atoms with Gasteiger partial charge in [0.2, 0.25) is 0 Å². The van der Waals surface area contributed by atoms with E-state index < -0.39 is 0 Å². The van der Waals surface area contributed by atoms with Crippen molar-refractivity contribution in [3.63, 3.8) is 0 Å². The van der Waals surface area contributed by atoms with Crippen LogP contribution in [0.3, 0.4) is 0 Å². The Hall–Kier alpha value is 0. The SMILES string of the molecule is CCCCCCC(C)(CCCC(CC)C1CCC(C(CC)(C2CCCCC2)C2CCCCC2)CC1)C(C)CCCCC. The average Bonchev–Trinajstić information content (AvgIpc) is 3.03. The number of rotatable bonds is 20. The van der Waals surface area contributed by atoms with Crippen LogP contribution in [0.2, 0.25) is 0 Å². The molecule has 0 bridgehead atoms. The molecule has 0 spiro atoms. The maximum Gasteiger partial charge on any atom is -0.0215 e. The molecular weight excluding hydrogens is 504 g/mol. The fourth-order valence-corrected chi connectivity index (χ4v) is 11.4. The first-order chi connectivity index (χ1) is 20.4. The molecule has 3 unspecified atom stereocenters. The smallest absolute Gasteiger partial charge is 0.0215 e. The predicted molar refractivity (Wildman–Crippen MR) is 189 cm³/mol. The summed E-state index contributed by atoms with van der Waals surface area (Å²) in [6.45, 7) is 15.2. The molecule has 42 heavy (non-hydrogen) atoms. The van der Waals surface area contributed by atoms with Gasteiger partial charge in [-0.05, 0) is 117 Å². The topological polar surface area (TPSA) is 0 Å². The van der Waals surface area contributed by atoms with Crippen LogP contribution in [0.15, 0.2) is 0 Å². The van der Waals surface area contributed by atoms with E-state index in [9.17, 15) is 0 Å². The quantitative estimate of drug-likeness (QED) is 0.125. The van der Waals surface area contributed by atoms with Gasteiger partial charge >= 0.3 is 0 Å². The molecule has 0 N–H and O–H groups in total. The van der Waals surface area contributed by atoms with Crippen molar-refractivity contribution in [1.82, 2.24) is 0 Å². The fraction of sp³-hybridized carbons (Fsp3) is 1.00.